The summed E-state index contributed by atoms with van der Waals surface area (Å²) >= 11 is 3.20. The van der Waals surface area contributed by atoms with Crippen molar-refractivity contribution in [3.8, 4) is 6.07 Å². The Bertz CT molecular complexity index is 561. The van der Waals surface area contributed by atoms with E-state index in [4.69, 9.17) is 5.26 Å². The van der Waals surface area contributed by atoms with Gasteiger partial charge in [0.15, 0.2) is 0 Å². The van der Waals surface area contributed by atoms with Crippen molar-refractivity contribution in [2.75, 3.05) is 5.32 Å². The van der Waals surface area contributed by atoms with Gasteiger partial charge in [0.25, 0.3) is 0 Å². The third kappa shape index (κ3) is 2.87. The first-order chi connectivity index (χ1) is 8.38. The monoisotopic (exact) mass is 310 g/mol. The van der Waals surface area contributed by atoms with Crippen LogP contribution >= 0.6 is 15.9 Å². The predicted molar refractivity (Wildman–Crippen MR) is 69.4 cm³/mol. The lowest BCUT2D eigenvalue weighted by molar-refractivity contribution is -0.115. The molecule has 5 nitrogen and oxygen atoms in total. The largest absolute Gasteiger partial charge is 0.478 e. The summed E-state index contributed by atoms with van der Waals surface area (Å²) in [4.78, 5) is 22.6. The van der Waals surface area contributed by atoms with E-state index in [1.165, 1.54) is 0 Å². The molecular weight excluding hydrogens is 300 g/mol. The molecular formula is C12H11BrN2O3. The number of nitrogens with zero attached hydrogens (tertiary/aromatic N) is 1. The Hall–Kier alpha value is -1.87. The quantitative estimate of drug-likeness (QED) is 0.898. The Kier molecular flexibility index (Phi) is 4.45. The molecule has 1 aromatic carbocycles. The summed E-state index contributed by atoms with van der Waals surface area (Å²) < 4.78 is 0.424. The molecule has 0 spiro atoms. The molecule has 0 aliphatic carbocycles. The van der Waals surface area contributed by atoms with E-state index in [1.807, 2.05) is 0 Å². The number of carbonyl (C=O) groups excluding carboxylic acids is 1. The van der Waals surface area contributed by atoms with Crippen LogP contribution in [0, 0.1) is 25.2 Å². The van der Waals surface area contributed by atoms with Crippen molar-refractivity contribution in [1.82, 2.24) is 0 Å². The van der Waals surface area contributed by atoms with Crippen LogP contribution in [-0.4, -0.2) is 17.0 Å². The fourth-order valence-corrected chi connectivity index (χ4v) is 2.06. The van der Waals surface area contributed by atoms with Crippen molar-refractivity contribution in [2.24, 2.45) is 0 Å². The number of amides is 1. The van der Waals surface area contributed by atoms with Crippen LogP contribution < -0.4 is 5.32 Å². The summed E-state index contributed by atoms with van der Waals surface area (Å²) in [6.45, 7) is 3.47. The highest BCUT2D eigenvalue weighted by Crippen LogP contribution is 2.31. The highest BCUT2D eigenvalue weighted by Gasteiger charge is 2.20. The van der Waals surface area contributed by atoms with Gasteiger partial charge in [-0.2, -0.15) is 5.26 Å². The third-order valence-corrected chi connectivity index (χ3v) is 3.38. The number of anilines is 1. The van der Waals surface area contributed by atoms with E-state index in [1.54, 1.807) is 26.0 Å². The van der Waals surface area contributed by atoms with Crippen LogP contribution in [0.2, 0.25) is 0 Å². The first-order valence-electron chi connectivity index (χ1n) is 5.08. The maximum Gasteiger partial charge on any atom is 0.338 e. The van der Waals surface area contributed by atoms with Gasteiger partial charge < -0.3 is 10.4 Å². The highest BCUT2D eigenvalue weighted by molar-refractivity contribution is 9.10. The fourth-order valence-electron chi connectivity index (χ4n) is 1.58. The molecule has 0 unspecified atom stereocenters. The molecule has 1 amide bonds. The van der Waals surface area contributed by atoms with E-state index in [0.717, 1.165) is 5.56 Å². The van der Waals surface area contributed by atoms with Gasteiger partial charge in [-0.25, -0.2) is 4.79 Å². The Morgan fingerprint density at radius 3 is 2.56 bits per heavy atom. The van der Waals surface area contributed by atoms with Crippen molar-refractivity contribution in [3.05, 3.63) is 27.2 Å². The topological polar surface area (TPSA) is 90.2 Å². The van der Waals surface area contributed by atoms with Crippen LogP contribution in [0.5, 0.6) is 0 Å². The lowest BCUT2D eigenvalue weighted by atomic mass is 10.0. The van der Waals surface area contributed by atoms with E-state index in [2.05, 4.69) is 21.2 Å². The molecule has 0 saturated heterocycles. The van der Waals surface area contributed by atoms with Crippen molar-refractivity contribution in [1.29, 1.82) is 5.26 Å². The molecule has 0 heterocycles. The first kappa shape index (κ1) is 14.2. The van der Waals surface area contributed by atoms with Gasteiger partial charge in [-0.15, -0.1) is 0 Å². The lowest BCUT2D eigenvalue weighted by Gasteiger charge is -2.14. The van der Waals surface area contributed by atoms with E-state index in [9.17, 15) is 14.7 Å². The molecule has 6 heteroatoms. The zero-order valence-corrected chi connectivity index (χ0v) is 11.5. The second-order valence-electron chi connectivity index (χ2n) is 3.76. The Morgan fingerprint density at radius 2 is 2.06 bits per heavy atom. The van der Waals surface area contributed by atoms with Crippen LogP contribution in [0.3, 0.4) is 0 Å². The molecule has 2 N–H and O–H groups in total. The number of aromatic carboxylic acids is 1. The van der Waals surface area contributed by atoms with Crippen molar-refractivity contribution in [2.45, 2.75) is 20.3 Å². The van der Waals surface area contributed by atoms with Gasteiger partial charge in [-0.3, -0.25) is 4.79 Å². The summed E-state index contributed by atoms with van der Waals surface area (Å²) in [5, 5.41) is 20.1. The number of nitrogens with one attached hydrogen (secondary N) is 1. The number of aryl methyl sites for hydroxylation is 2. The predicted octanol–water partition coefficient (Wildman–Crippen LogP) is 2.62. The van der Waals surface area contributed by atoms with Crippen LogP contribution in [0.25, 0.3) is 0 Å². The minimum Gasteiger partial charge on any atom is -0.478 e. The Balaban J connectivity index is 3.34. The Morgan fingerprint density at radius 1 is 1.44 bits per heavy atom. The SMILES string of the molecule is Cc1cc(C)c(NC(=O)CC#N)c(C(=O)O)c1Br. The number of halogens is 1. The number of hydrogen-bond donors (Lipinski definition) is 2. The van der Waals surface area contributed by atoms with Crippen molar-refractivity contribution < 1.29 is 14.7 Å². The molecule has 0 aromatic heterocycles. The molecule has 0 fully saturated rings. The van der Waals surface area contributed by atoms with Gasteiger partial charge in [0, 0.05) is 4.47 Å². The zero-order valence-electron chi connectivity index (χ0n) is 9.87. The molecule has 1 aromatic rings. The number of rotatable bonds is 3. The van der Waals surface area contributed by atoms with Gasteiger partial charge >= 0.3 is 5.97 Å². The molecule has 0 aliphatic heterocycles. The van der Waals surface area contributed by atoms with Gasteiger partial charge in [0.1, 0.15) is 6.42 Å². The number of nitriles is 1. The summed E-state index contributed by atoms with van der Waals surface area (Å²) in [5.74, 6) is -1.67. The van der Waals surface area contributed by atoms with Crippen LogP contribution in [-0.2, 0) is 4.79 Å². The maximum atomic E-state index is 11.4. The molecule has 0 saturated carbocycles. The first-order valence-corrected chi connectivity index (χ1v) is 5.87. The molecule has 1 rings (SSSR count). The average molecular weight is 311 g/mol. The van der Waals surface area contributed by atoms with Gasteiger partial charge in [-0.1, -0.05) is 6.07 Å². The summed E-state index contributed by atoms with van der Waals surface area (Å²) in [5.41, 5.74) is 1.63. The normalized spacial score (nSPS) is 9.67. The minimum atomic E-state index is -1.14. The van der Waals surface area contributed by atoms with Crippen LogP contribution in [0.4, 0.5) is 5.69 Å². The molecule has 0 bridgehead atoms. The molecule has 0 radical (unpaired) electrons. The van der Waals surface area contributed by atoms with E-state index in [0.29, 0.717) is 10.0 Å². The molecule has 18 heavy (non-hydrogen) atoms. The van der Waals surface area contributed by atoms with Gasteiger partial charge in [-0.05, 0) is 40.9 Å². The number of hydrogen-bond acceptors (Lipinski definition) is 3. The number of carboxylic acid groups (broad SMARTS) is 1. The molecule has 0 atom stereocenters. The van der Waals surface area contributed by atoms with Crippen LogP contribution in [0.1, 0.15) is 27.9 Å². The van der Waals surface area contributed by atoms with Gasteiger partial charge in [0.05, 0.1) is 17.3 Å². The smallest absolute Gasteiger partial charge is 0.338 e. The molecule has 0 aliphatic rings. The van der Waals surface area contributed by atoms with Gasteiger partial charge in [0.2, 0.25) is 5.91 Å². The van der Waals surface area contributed by atoms with Crippen molar-refractivity contribution in [3.63, 3.8) is 0 Å². The maximum absolute atomic E-state index is 11.4. The third-order valence-electron chi connectivity index (χ3n) is 2.36. The molecule has 94 valence electrons. The minimum absolute atomic E-state index is 0.00112. The average Bonchev–Trinajstić information content (AvgIpc) is 2.25. The second kappa shape index (κ2) is 5.65. The van der Waals surface area contributed by atoms with E-state index in [-0.39, 0.29) is 17.7 Å². The summed E-state index contributed by atoms with van der Waals surface area (Å²) in [6.07, 6.45) is -0.315. The number of benzene rings is 1. The lowest BCUT2D eigenvalue weighted by Crippen LogP contribution is -2.15. The standard InChI is InChI=1S/C12H11BrN2O3/c1-6-5-7(2)11(15-8(16)3-4-14)9(10(6)13)12(17)18/h5H,3H2,1-2H3,(H,15,16)(H,17,18). The van der Waals surface area contributed by atoms with Crippen LogP contribution in [0.15, 0.2) is 10.5 Å². The Labute approximate surface area is 113 Å². The fraction of sp³-hybridized carbons (Fsp3) is 0.250. The van der Waals surface area contributed by atoms with Crippen molar-refractivity contribution >= 4 is 33.5 Å². The summed E-state index contributed by atoms with van der Waals surface area (Å²) in [7, 11) is 0. The second-order valence-corrected chi connectivity index (χ2v) is 4.56. The number of carboxylic acids is 1. The highest BCUT2D eigenvalue weighted by atomic mass is 79.9. The van der Waals surface area contributed by atoms with E-state index < -0.39 is 11.9 Å². The number of carbonyl (C=O) groups is 2. The zero-order chi connectivity index (χ0) is 13.9. The van der Waals surface area contributed by atoms with E-state index >= 15 is 0 Å². The summed E-state index contributed by atoms with van der Waals surface area (Å²) in [6, 6.07) is 3.47.